The highest BCUT2D eigenvalue weighted by atomic mass is 16.5. The average Bonchev–Trinajstić information content (AvgIpc) is 3.20. The number of benzene rings is 2. The lowest BCUT2D eigenvalue weighted by molar-refractivity contribution is 0.0378. The summed E-state index contributed by atoms with van der Waals surface area (Å²) in [7, 11) is 0. The van der Waals surface area contributed by atoms with Crippen LogP contribution in [0.5, 0.6) is 0 Å². The Labute approximate surface area is 201 Å². The summed E-state index contributed by atoms with van der Waals surface area (Å²) in [6.45, 7) is 9.89. The molecule has 1 fully saturated rings. The van der Waals surface area contributed by atoms with Gasteiger partial charge in [-0.2, -0.15) is 9.61 Å². The van der Waals surface area contributed by atoms with Crippen molar-refractivity contribution in [3.63, 3.8) is 0 Å². The second-order valence-corrected chi connectivity index (χ2v) is 8.98. The fourth-order valence-electron chi connectivity index (χ4n) is 4.77. The molecule has 5 rings (SSSR count). The molecule has 0 amide bonds. The summed E-state index contributed by atoms with van der Waals surface area (Å²) >= 11 is 0. The van der Waals surface area contributed by atoms with Crippen LogP contribution >= 0.6 is 0 Å². The Kier molecular flexibility index (Phi) is 6.88. The number of fused-ring (bicyclic) bond motifs is 1. The fraction of sp³-hybridized carbons (Fsp3) is 0.357. The van der Waals surface area contributed by atoms with Crippen LogP contribution < -0.4 is 5.32 Å². The van der Waals surface area contributed by atoms with E-state index in [-0.39, 0.29) is 0 Å². The summed E-state index contributed by atoms with van der Waals surface area (Å²) in [4.78, 5) is 7.55. The van der Waals surface area contributed by atoms with E-state index in [1.165, 1.54) is 11.1 Å². The minimum absolute atomic E-state index is 0.820. The van der Waals surface area contributed by atoms with Gasteiger partial charge in [0.15, 0.2) is 5.65 Å². The second kappa shape index (κ2) is 10.4. The maximum Gasteiger partial charge on any atom is 0.165 e. The van der Waals surface area contributed by atoms with Crippen LogP contribution in [0.25, 0.3) is 16.8 Å². The molecule has 1 aliphatic rings. The molecule has 0 radical (unpaired) electrons. The Morgan fingerprint density at radius 1 is 0.912 bits per heavy atom. The third kappa shape index (κ3) is 4.83. The monoisotopic (exact) mass is 455 g/mol. The van der Waals surface area contributed by atoms with Crippen LogP contribution in [-0.2, 0) is 11.2 Å². The van der Waals surface area contributed by atoms with E-state index in [1.807, 2.05) is 10.6 Å². The van der Waals surface area contributed by atoms with Crippen LogP contribution in [0.15, 0.2) is 60.7 Å². The highest BCUT2D eigenvalue weighted by Crippen LogP contribution is 2.32. The number of anilines is 1. The summed E-state index contributed by atoms with van der Waals surface area (Å²) in [6.07, 6.45) is 1.89. The molecule has 176 valence electrons. The first kappa shape index (κ1) is 22.6. The molecule has 1 aliphatic heterocycles. The van der Waals surface area contributed by atoms with Gasteiger partial charge in [-0.25, -0.2) is 4.98 Å². The molecular weight excluding hydrogens is 422 g/mol. The number of aromatic nitrogens is 3. The molecule has 0 unspecified atom stereocenters. The van der Waals surface area contributed by atoms with E-state index in [4.69, 9.17) is 14.8 Å². The average molecular weight is 456 g/mol. The lowest BCUT2D eigenvalue weighted by atomic mass is 10.0. The van der Waals surface area contributed by atoms with Gasteiger partial charge in [0.05, 0.1) is 18.9 Å². The fourth-order valence-corrected chi connectivity index (χ4v) is 4.77. The normalized spacial score (nSPS) is 14.5. The molecule has 2 aromatic heterocycles. The van der Waals surface area contributed by atoms with Crippen molar-refractivity contribution in [3.8, 4) is 11.1 Å². The van der Waals surface area contributed by atoms with Crippen molar-refractivity contribution >= 4 is 11.5 Å². The molecule has 6 heteroatoms. The minimum atomic E-state index is 0.820. The highest BCUT2D eigenvalue weighted by molar-refractivity contribution is 5.81. The number of nitrogens with one attached hydrogen (secondary N) is 1. The van der Waals surface area contributed by atoms with Crippen LogP contribution in [0.4, 0.5) is 5.82 Å². The molecule has 0 atom stereocenters. The molecule has 0 aliphatic carbocycles. The predicted octanol–water partition coefficient (Wildman–Crippen LogP) is 4.74. The van der Waals surface area contributed by atoms with Gasteiger partial charge < -0.3 is 10.1 Å². The molecule has 0 spiro atoms. The van der Waals surface area contributed by atoms with Gasteiger partial charge in [-0.15, -0.1) is 0 Å². The van der Waals surface area contributed by atoms with E-state index in [0.29, 0.717) is 0 Å². The Bertz CT molecular complexity index is 1230. The standard InChI is InChI=1S/C28H33N5O/c1-21-25(20-23-10-5-3-6-11-23)27(29-14-9-15-32-16-18-34-19-17-32)33-28(30-21)26(22(2)31-33)24-12-7-4-8-13-24/h3-8,10-13,29H,9,14-20H2,1-2H3. The molecule has 1 saturated heterocycles. The van der Waals surface area contributed by atoms with Gasteiger partial charge >= 0.3 is 0 Å². The van der Waals surface area contributed by atoms with Crippen LogP contribution in [0.1, 0.15) is 28.9 Å². The van der Waals surface area contributed by atoms with E-state index < -0.39 is 0 Å². The molecular formula is C28H33N5O. The van der Waals surface area contributed by atoms with Gasteiger partial charge in [0.2, 0.25) is 0 Å². The van der Waals surface area contributed by atoms with Crippen molar-refractivity contribution in [1.82, 2.24) is 19.5 Å². The predicted molar refractivity (Wildman–Crippen MR) is 138 cm³/mol. The molecule has 0 saturated carbocycles. The molecule has 6 nitrogen and oxygen atoms in total. The summed E-state index contributed by atoms with van der Waals surface area (Å²) in [5.74, 6) is 1.05. The second-order valence-electron chi connectivity index (χ2n) is 8.98. The minimum Gasteiger partial charge on any atom is -0.379 e. The first-order valence-corrected chi connectivity index (χ1v) is 12.2. The molecule has 2 aromatic carbocycles. The zero-order valence-corrected chi connectivity index (χ0v) is 20.1. The quantitative estimate of drug-likeness (QED) is 0.389. The highest BCUT2D eigenvalue weighted by Gasteiger charge is 2.20. The summed E-state index contributed by atoms with van der Waals surface area (Å²) in [5, 5.41) is 8.72. The van der Waals surface area contributed by atoms with Gasteiger partial charge in [0.1, 0.15) is 5.82 Å². The largest absolute Gasteiger partial charge is 0.379 e. The third-order valence-electron chi connectivity index (χ3n) is 6.58. The Morgan fingerprint density at radius 3 is 2.35 bits per heavy atom. The zero-order chi connectivity index (χ0) is 23.3. The SMILES string of the molecule is Cc1nc2c(-c3ccccc3)c(C)nn2c(NCCCN2CCOCC2)c1Cc1ccccc1. The van der Waals surface area contributed by atoms with Crippen molar-refractivity contribution in [3.05, 3.63) is 83.2 Å². The van der Waals surface area contributed by atoms with E-state index in [2.05, 4.69) is 78.7 Å². The van der Waals surface area contributed by atoms with Crippen molar-refractivity contribution in [2.24, 2.45) is 0 Å². The topological polar surface area (TPSA) is 54.7 Å². The van der Waals surface area contributed by atoms with Gasteiger partial charge in [-0.05, 0) is 37.9 Å². The number of ether oxygens (including phenoxy) is 1. The Morgan fingerprint density at radius 2 is 1.62 bits per heavy atom. The molecule has 3 heterocycles. The summed E-state index contributed by atoms with van der Waals surface area (Å²) in [5.41, 5.74) is 7.67. The third-order valence-corrected chi connectivity index (χ3v) is 6.58. The summed E-state index contributed by atoms with van der Waals surface area (Å²) < 4.78 is 7.51. The van der Waals surface area contributed by atoms with Gasteiger partial charge in [0.25, 0.3) is 0 Å². The van der Waals surface area contributed by atoms with Crippen molar-refractivity contribution in [1.29, 1.82) is 0 Å². The van der Waals surface area contributed by atoms with Gasteiger partial charge in [-0.3, -0.25) is 4.90 Å². The molecule has 0 bridgehead atoms. The number of morpholine rings is 1. The Balaban J connectivity index is 1.49. The Hall–Kier alpha value is -3.22. The van der Waals surface area contributed by atoms with Crippen molar-refractivity contribution in [2.45, 2.75) is 26.7 Å². The molecule has 1 N–H and O–H groups in total. The molecule has 34 heavy (non-hydrogen) atoms. The number of hydrogen-bond acceptors (Lipinski definition) is 5. The van der Waals surface area contributed by atoms with E-state index >= 15 is 0 Å². The van der Waals surface area contributed by atoms with Crippen LogP contribution in [0.3, 0.4) is 0 Å². The van der Waals surface area contributed by atoms with Gasteiger partial charge in [0, 0.05) is 42.9 Å². The zero-order valence-electron chi connectivity index (χ0n) is 20.1. The van der Waals surface area contributed by atoms with Crippen molar-refractivity contribution in [2.75, 3.05) is 44.7 Å². The lowest BCUT2D eigenvalue weighted by Crippen LogP contribution is -2.37. The maximum atomic E-state index is 5.48. The van der Waals surface area contributed by atoms with Crippen LogP contribution in [0.2, 0.25) is 0 Å². The lowest BCUT2D eigenvalue weighted by Gasteiger charge is -2.26. The number of aryl methyl sites for hydroxylation is 2. The van der Waals surface area contributed by atoms with E-state index in [9.17, 15) is 0 Å². The molecule has 4 aromatic rings. The first-order chi connectivity index (χ1) is 16.7. The van der Waals surface area contributed by atoms with Crippen molar-refractivity contribution < 1.29 is 4.74 Å². The number of rotatable bonds is 8. The van der Waals surface area contributed by atoms with Crippen LogP contribution in [0, 0.1) is 13.8 Å². The van der Waals surface area contributed by atoms with Gasteiger partial charge in [-0.1, -0.05) is 60.7 Å². The maximum absolute atomic E-state index is 5.48. The van der Waals surface area contributed by atoms with E-state index in [0.717, 1.165) is 86.2 Å². The van der Waals surface area contributed by atoms with E-state index in [1.54, 1.807) is 0 Å². The smallest absolute Gasteiger partial charge is 0.165 e. The summed E-state index contributed by atoms with van der Waals surface area (Å²) in [6, 6.07) is 21.1. The number of hydrogen-bond donors (Lipinski definition) is 1. The number of nitrogens with zero attached hydrogens (tertiary/aromatic N) is 4. The first-order valence-electron chi connectivity index (χ1n) is 12.2. The van der Waals surface area contributed by atoms with Crippen LogP contribution in [-0.4, -0.2) is 58.9 Å².